The van der Waals surface area contributed by atoms with Gasteiger partial charge in [0.2, 0.25) is 0 Å². The van der Waals surface area contributed by atoms with Crippen molar-refractivity contribution in [1.82, 2.24) is 10.3 Å². The summed E-state index contributed by atoms with van der Waals surface area (Å²) >= 11 is 0. The monoisotopic (exact) mass is 232 g/mol. The molecular formula is C15H24N2. The van der Waals surface area contributed by atoms with Crippen molar-refractivity contribution < 1.29 is 0 Å². The van der Waals surface area contributed by atoms with Crippen LogP contribution in [0.3, 0.4) is 0 Å². The van der Waals surface area contributed by atoms with Crippen molar-refractivity contribution in [3.05, 3.63) is 29.6 Å². The van der Waals surface area contributed by atoms with E-state index in [1.165, 1.54) is 17.7 Å². The molecule has 2 nitrogen and oxygen atoms in total. The van der Waals surface area contributed by atoms with Gasteiger partial charge in [0.15, 0.2) is 0 Å². The Bertz CT molecular complexity index is 344. The quantitative estimate of drug-likeness (QED) is 0.816. The molecule has 1 saturated carbocycles. The fraction of sp³-hybridized carbons (Fsp3) is 0.667. The second kappa shape index (κ2) is 5.63. The zero-order valence-electron chi connectivity index (χ0n) is 11.2. The van der Waals surface area contributed by atoms with E-state index in [2.05, 4.69) is 43.2 Å². The minimum absolute atomic E-state index is 0.620. The molecule has 2 rings (SSSR count). The summed E-state index contributed by atoms with van der Waals surface area (Å²) in [7, 11) is 0. The minimum atomic E-state index is 0.620. The number of aryl methyl sites for hydroxylation is 1. The average Bonchev–Trinajstić information content (AvgIpc) is 3.07. The van der Waals surface area contributed by atoms with Crippen LogP contribution in [0.4, 0.5) is 0 Å². The van der Waals surface area contributed by atoms with Gasteiger partial charge in [0.1, 0.15) is 0 Å². The van der Waals surface area contributed by atoms with Crippen molar-refractivity contribution >= 4 is 0 Å². The van der Waals surface area contributed by atoms with Gasteiger partial charge in [0.25, 0.3) is 0 Å². The molecule has 0 saturated heterocycles. The van der Waals surface area contributed by atoms with Crippen molar-refractivity contribution in [2.24, 2.45) is 11.8 Å². The largest absolute Gasteiger partial charge is 0.314 e. The first-order chi connectivity index (χ1) is 8.24. The molecule has 1 aliphatic rings. The molecule has 0 aliphatic heterocycles. The first kappa shape index (κ1) is 12.6. The van der Waals surface area contributed by atoms with Crippen LogP contribution in [0.25, 0.3) is 0 Å². The van der Waals surface area contributed by atoms with Crippen molar-refractivity contribution in [1.29, 1.82) is 0 Å². The lowest BCUT2D eigenvalue weighted by Crippen LogP contribution is -2.33. The van der Waals surface area contributed by atoms with Crippen LogP contribution in [-0.4, -0.2) is 17.6 Å². The minimum Gasteiger partial charge on any atom is -0.314 e. The molecule has 0 spiro atoms. The summed E-state index contributed by atoms with van der Waals surface area (Å²) in [6.45, 7) is 7.77. The zero-order valence-corrected chi connectivity index (χ0v) is 11.2. The average molecular weight is 232 g/mol. The first-order valence-electron chi connectivity index (χ1n) is 6.91. The summed E-state index contributed by atoms with van der Waals surface area (Å²) < 4.78 is 0. The van der Waals surface area contributed by atoms with Crippen LogP contribution in [0.1, 0.15) is 38.4 Å². The van der Waals surface area contributed by atoms with Crippen molar-refractivity contribution in [3.8, 4) is 0 Å². The number of aromatic nitrogens is 1. The number of nitrogens with one attached hydrogen (secondary N) is 1. The number of hydrogen-bond acceptors (Lipinski definition) is 2. The summed E-state index contributed by atoms with van der Waals surface area (Å²) in [4.78, 5) is 4.57. The number of hydrogen-bond donors (Lipinski definition) is 1. The van der Waals surface area contributed by atoms with Gasteiger partial charge in [0, 0.05) is 24.4 Å². The van der Waals surface area contributed by atoms with Crippen molar-refractivity contribution in [2.75, 3.05) is 6.54 Å². The SMILES string of the molecule is CCNC(Cc1ccc(CC)cn1)C1CC1C. The van der Waals surface area contributed by atoms with Crippen LogP contribution >= 0.6 is 0 Å². The first-order valence-corrected chi connectivity index (χ1v) is 6.91. The molecule has 2 heteroatoms. The molecule has 1 heterocycles. The third-order valence-electron chi connectivity index (χ3n) is 3.88. The van der Waals surface area contributed by atoms with Gasteiger partial charge in [-0.25, -0.2) is 0 Å². The molecule has 1 fully saturated rings. The van der Waals surface area contributed by atoms with Gasteiger partial charge in [-0.05, 0) is 42.9 Å². The fourth-order valence-corrected chi connectivity index (χ4v) is 2.56. The molecule has 0 bridgehead atoms. The van der Waals surface area contributed by atoms with Crippen LogP contribution in [0.5, 0.6) is 0 Å². The Morgan fingerprint density at radius 2 is 2.18 bits per heavy atom. The lowest BCUT2D eigenvalue weighted by atomic mass is 10.0. The van der Waals surface area contributed by atoms with E-state index in [9.17, 15) is 0 Å². The third-order valence-corrected chi connectivity index (χ3v) is 3.88. The molecule has 0 aromatic carbocycles. The highest BCUT2D eigenvalue weighted by atomic mass is 14.9. The highest BCUT2D eigenvalue weighted by Crippen LogP contribution is 2.41. The van der Waals surface area contributed by atoms with Crippen molar-refractivity contribution in [2.45, 2.75) is 46.1 Å². The maximum absolute atomic E-state index is 4.57. The van der Waals surface area contributed by atoms with E-state index in [1.54, 1.807) is 0 Å². The van der Waals surface area contributed by atoms with Gasteiger partial charge in [-0.1, -0.05) is 26.8 Å². The molecule has 1 aromatic rings. The Balaban J connectivity index is 1.96. The summed E-state index contributed by atoms with van der Waals surface area (Å²) in [6, 6.07) is 5.02. The molecule has 0 radical (unpaired) electrons. The zero-order chi connectivity index (χ0) is 12.3. The Labute approximate surface area is 105 Å². The van der Waals surface area contributed by atoms with E-state index in [0.717, 1.165) is 31.2 Å². The molecule has 94 valence electrons. The van der Waals surface area contributed by atoms with Crippen LogP contribution < -0.4 is 5.32 Å². The number of nitrogens with zero attached hydrogens (tertiary/aromatic N) is 1. The second-order valence-electron chi connectivity index (χ2n) is 5.26. The Morgan fingerprint density at radius 1 is 1.41 bits per heavy atom. The highest BCUT2D eigenvalue weighted by Gasteiger charge is 2.38. The van der Waals surface area contributed by atoms with E-state index >= 15 is 0 Å². The molecule has 1 N–H and O–H groups in total. The molecule has 3 atom stereocenters. The molecule has 1 aliphatic carbocycles. The Kier molecular flexibility index (Phi) is 4.16. The third kappa shape index (κ3) is 3.29. The van der Waals surface area contributed by atoms with Crippen molar-refractivity contribution in [3.63, 3.8) is 0 Å². The topological polar surface area (TPSA) is 24.9 Å². The van der Waals surface area contributed by atoms with Gasteiger partial charge in [-0.2, -0.15) is 0 Å². The molecule has 0 amide bonds. The number of rotatable bonds is 6. The highest BCUT2D eigenvalue weighted by molar-refractivity contribution is 5.15. The van der Waals surface area contributed by atoms with Crippen LogP contribution in [0, 0.1) is 11.8 Å². The van der Waals surface area contributed by atoms with E-state index in [1.807, 2.05) is 6.20 Å². The van der Waals surface area contributed by atoms with Gasteiger partial charge in [-0.15, -0.1) is 0 Å². The fourth-order valence-electron chi connectivity index (χ4n) is 2.56. The smallest absolute Gasteiger partial charge is 0.0419 e. The Morgan fingerprint density at radius 3 is 2.65 bits per heavy atom. The normalized spacial score (nSPS) is 24.6. The van der Waals surface area contributed by atoms with Crippen LogP contribution in [0.2, 0.25) is 0 Å². The number of likely N-dealkylation sites (N-methyl/N-ethyl adjacent to an activating group) is 1. The number of pyridine rings is 1. The lowest BCUT2D eigenvalue weighted by Gasteiger charge is -2.17. The maximum Gasteiger partial charge on any atom is 0.0419 e. The van der Waals surface area contributed by atoms with E-state index in [4.69, 9.17) is 0 Å². The molecular weight excluding hydrogens is 208 g/mol. The summed E-state index contributed by atoms with van der Waals surface area (Å²) in [5.41, 5.74) is 2.56. The van der Waals surface area contributed by atoms with E-state index < -0.39 is 0 Å². The van der Waals surface area contributed by atoms with Crippen LogP contribution in [-0.2, 0) is 12.8 Å². The van der Waals surface area contributed by atoms with Gasteiger partial charge < -0.3 is 5.32 Å². The van der Waals surface area contributed by atoms with Gasteiger partial charge in [0.05, 0.1) is 0 Å². The molecule has 3 unspecified atom stereocenters. The Hall–Kier alpha value is -0.890. The maximum atomic E-state index is 4.57. The second-order valence-corrected chi connectivity index (χ2v) is 5.26. The molecule has 17 heavy (non-hydrogen) atoms. The van der Waals surface area contributed by atoms with E-state index in [-0.39, 0.29) is 0 Å². The van der Waals surface area contributed by atoms with Crippen LogP contribution in [0.15, 0.2) is 18.3 Å². The molecule has 1 aromatic heterocycles. The summed E-state index contributed by atoms with van der Waals surface area (Å²) in [5, 5.41) is 3.61. The lowest BCUT2D eigenvalue weighted by molar-refractivity contribution is 0.451. The standard InChI is InChI=1S/C15H24N2/c1-4-12-6-7-13(17-10-12)9-15(16-5-2)14-8-11(14)3/h6-7,10-11,14-16H,4-5,8-9H2,1-3H3. The predicted octanol–water partition coefficient (Wildman–Crippen LogP) is 2.82. The summed E-state index contributed by atoms with van der Waals surface area (Å²) in [6.07, 6.45) is 5.55. The summed E-state index contributed by atoms with van der Waals surface area (Å²) in [5.74, 6) is 1.76. The van der Waals surface area contributed by atoms with Gasteiger partial charge in [-0.3, -0.25) is 4.98 Å². The predicted molar refractivity (Wildman–Crippen MR) is 72.1 cm³/mol. The van der Waals surface area contributed by atoms with E-state index in [0.29, 0.717) is 6.04 Å². The van der Waals surface area contributed by atoms with Gasteiger partial charge >= 0.3 is 0 Å².